The molecule has 0 aliphatic carbocycles. The van der Waals surface area contributed by atoms with Gasteiger partial charge in [0.05, 0.1) is 10.9 Å². The second kappa shape index (κ2) is 10.4. The van der Waals surface area contributed by atoms with Crippen LogP contribution >= 0.6 is 12.2 Å². The van der Waals surface area contributed by atoms with Crippen molar-refractivity contribution in [2.45, 2.75) is 26.3 Å². The van der Waals surface area contributed by atoms with E-state index in [1.807, 2.05) is 86.6 Å². The maximum Gasteiger partial charge on any atom is 0.262 e. The summed E-state index contributed by atoms with van der Waals surface area (Å²) in [6.45, 7) is 4.03. The van der Waals surface area contributed by atoms with Gasteiger partial charge in [-0.15, -0.1) is 0 Å². The molecule has 0 saturated heterocycles. The van der Waals surface area contributed by atoms with Gasteiger partial charge in [0.1, 0.15) is 11.9 Å². The Bertz CT molecular complexity index is 1370. The van der Waals surface area contributed by atoms with Crippen LogP contribution in [0.5, 0.6) is 0 Å². The first-order chi connectivity index (χ1) is 16.4. The number of carbonyl (C=O) groups excluding carboxylic acids is 1. The highest BCUT2D eigenvalue weighted by atomic mass is 32.1. The fraction of sp³-hybridized carbons (Fsp3) is 0.185. The Kier molecular flexibility index (Phi) is 7.13. The first kappa shape index (κ1) is 23.3. The molecule has 6 nitrogen and oxygen atoms in total. The molecule has 34 heavy (non-hydrogen) atoms. The van der Waals surface area contributed by atoms with Crippen molar-refractivity contribution in [2.24, 2.45) is 5.92 Å². The molecule has 0 spiro atoms. The monoisotopic (exact) mass is 470 g/mol. The van der Waals surface area contributed by atoms with E-state index >= 15 is 0 Å². The summed E-state index contributed by atoms with van der Waals surface area (Å²) in [7, 11) is 0. The van der Waals surface area contributed by atoms with E-state index in [4.69, 9.17) is 17.2 Å². The predicted octanol–water partition coefficient (Wildman–Crippen LogP) is 5.16. The van der Waals surface area contributed by atoms with Gasteiger partial charge in [0.25, 0.3) is 5.56 Å². The zero-order valence-corrected chi connectivity index (χ0v) is 19.9. The molecule has 172 valence electrons. The molecule has 2 N–H and O–H groups in total. The quantitative estimate of drug-likeness (QED) is 0.381. The standard InChI is InChI=1S/C27H26N4O2S/c1-18(2)17-23(25(32)30-27(34)28-20-13-7-4-8-14-20)31-24(19-11-5-3-6-12-19)29-22-16-10-9-15-21(22)26(31)33/h3-16,18,23H,17H2,1-2H3,(H2,28,30,32,34)/t23-/m0/s1. The first-order valence-corrected chi connectivity index (χ1v) is 11.6. The zero-order chi connectivity index (χ0) is 24.1. The van der Waals surface area contributed by atoms with Gasteiger partial charge in [-0.25, -0.2) is 4.98 Å². The molecule has 0 aliphatic rings. The fourth-order valence-corrected chi connectivity index (χ4v) is 4.10. The third-order valence-corrected chi connectivity index (χ3v) is 5.62. The summed E-state index contributed by atoms with van der Waals surface area (Å²) in [4.78, 5) is 32.0. The van der Waals surface area contributed by atoms with Crippen molar-refractivity contribution in [3.63, 3.8) is 0 Å². The number of anilines is 1. The molecule has 0 aliphatic heterocycles. The van der Waals surface area contributed by atoms with Gasteiger partial charge in [0.15, 0.2) is 5.11 Å². The van der Waals surface area contributed by atoms with Crippen molar-refractivity contribution in [1.82, 2.24) is 14.9 Å². The first-order valence-electron chi connectivity index (χ1n) is 11.2. The zero-order valence-electron chi connectivity index (χ0n) is 19.1. The summed E-state index contributed by atoms with van der Waals surface area (Å²) >= 11 is 5.39. The lowest BCUT2D eigenvalue weighted by Crippen LogP contribution is -2.43. The van der Waals surface area contributed by atoms with Crippen LogP contribution in [0.15, 0.2) is 89.7 Å². The van der Waals surface area contributed by atoms with Gasteiger partial charge in [-0.05, 0) is 48.8 Å². The highest BCUT2D eigenvalue weighted by Gasteiger charge is 2.28. The van der Waals surface area contributed by atoms with Gasteiger partial charge in [0.2, 0.25) is 5.91 Å². The number of hydrogen-bond acceptors (Lipinski definition) is 4. The molecule has 3 aromatic carbocycles. The highest BCUT2D eigenvalue weighted by molar-refractivity contribution is 7.80. The van der Waals surface area contributed by atoms with Gasteiger partial charge >= 0.3 is 0 Å². The van der Waals surface area contributed by atoms with E-state index in [-0.39, 0.29) is 22.5 Å². The van der Waals surface area contributed by atoms with Crippen LogP contribution < -0.4 is 16.2 Å². The molecule has 0 radical (unpaired) electrons. The van der Waals surface area contributed by atoms with Gasteiger partial charge < -0.3 is 10.6 Å². The average molecular weight is 471 g/mol. The summed E-state index contributed by atoms with van der Waals surface area (Å²) in [6, 6.07) is 25.2. The number of nitrogens with one attached hydrogen (secondary N) is 2. The van der Waals surface area contributed by atoms with Crippen molar-refractivity contribution in [3.8, 4) is 11.4 Å². The van der Waals surface area contributed by atoms with E-state index in [2.05, 4.69) is 10.6 Å². The highest BCUT2D eigenvalue weighted by Crippen LogP contribution is 2.25. The summed E-state index contributed by atoms with van der Waals surface area (Å²) in [5.41, 5.74) is 1.86. The number of rotatable bonds is 6. The number of fused-ring (bicyclic) bond motifs is 1. The smallest absolute Gasteiger partial charge is 0.262 e. The number of aromatic nitrogens is 2. The molecule has 1 heterocycles. The van der Waals surface area contributed by atoms with Crippen LogP contribution in [-0.4, -0.2) is 20.6 Å². The van der Waals surface area contributed by atoms with Crippen molar-refractivity contribution < 1.29 is 4.79 Å². The van der Waals surface area contributed by atoms with Crippen LogP contribution in [-0.2, 0) is 4.79 Å². The third-order valence-electron chi connectivity index (χ3n) is 5.42. The number of thiocarbonyl (C=S) groups is 1. The van der Waals surface area contributed by atoms with E-state index in [1.54, 1.807) is 12.1 Å². The maximum atomic E-state index is 13.7. The Hall–Kier alpha value is -3.84. The molecular weight excluding hydrogens is 444 g/mol. The van der Waals surface area contributed by atoms with Crippen LogP contribution in [0.4, 0.5) is 5.69 Å². The molecular formula is C27H26N4O2S. The van der Waals surface area contributed by atoms with E-state index in [0.29, 0.717) is 23.1 Å². The Balaban J connectivity index is 1.78. The van der Waals surface area contributed by atoms with Crippen LogP contribution in [0, 0.1) is 5.92 Å². The fourth-order valence-electron chi connectivity index (χ4n) is 3.88. The Labute approximate surface area is 203 Å². The van der Waals surface area contributed by atoms with Crippen LogP contribution in [0.3, 0.4) is 0 Å². The van der Waals surface area contributed by atoms with Crippen molar-refractivity contribution in [3.05, 3.63) is 95.3 Å². The lowest BCUT2D eigenvalue weighted by molar-refractivity contribution is -0.123. The molecule has 7 heteroatoms. The number of para-hydroxylation sites is 2. The Morgan fingerprint density at radius 2 is 1.56 bits per heavy atom. The largest absolute Gasteiger partial charge is 0.332 e. The van der Waals surface area contributed by atoms with E-state index in [1.165, 1.54) is 4.57 Å². The minimum atomic E-state index is -0.796. The van der Waals surface area contributed by atoms with E-state index in [9.17, 15) is 9.59 Å². The molecule has 1 atom stereocenters. The lowest BCUT2D eigenvalue weighted by atomic mass is 10.0. The Morgan fingerprint density at radius 1 is 0.941 bits per heavy atom. The van der Waals surface area contributed by atoms with Gasteiger partial charge in [-0.3, -0.25) is 14.2 Å². The van der Waals surface area contributed by atoms with E-state index in [0.717, 1.165) is 11.3 Å². The van der Waals surface area contributed by atoms with Crippen molar-refractivity contribution >= 4 is 39.8 Å². The van der Waals surface area contributed by atoms with Gasteiger partial charge in [-0.1, -0.05) is 74.5 Å². The maximum absolute atomic E-state index is 13.7. The van der Waals surface area contributed by atoms with Crippen LogP contribution in [0.25, 0.3) is 22.3 Å². The molecule has 0 saturated carbocycles. The lowest BCUT2D eigenvalue weighted by Gasteiger charge is -2.24. The number of amides is 1. The summed E-state index contributed by atoms with van der Waals surface area (Å²) in [5.74, 6) is 0.235. The van der Waals surface area contributed by atoms with E-state index < -0.39 is 6.04 Å². The third kappa shape index (κ3) is 5.21. The summed E-state index contributed by atoms with van der Waals surface area (Å²) in [5, 5.41) is 6.44. The van der Waals surface area contributed by atoms with Crippen LogP contribution in [0.1, 0.15) is 26.3 Å². The van der Waals surface area contributed by atoms with Crippen LogP contribution in [0.2, 0.25) is 0 Å². The second-order valence-electron chi connectivity index (χ2n) is 8.45. The molecule has 1 aromatic heterocycles. The molecule has 1 amide bonds. The SMILES string of the molecule is CC(C)C[C@@H](C(=O)NC(=S)Nc1ccccc1)n1c(-c2ccccc2)nc2ccccc2c1=O. The number of nitrogens with zero attached hydrogens (tertiary/aromatic N) is 2. The number of hydrogen-bond donors (Lipinski definition) is 2. The normalized spacial score (nSPS) is 11.9. The number of benzene rings is 3. The van der Waals surface area contributed by atoms with Crippen molar-refractivity contribution in [2.75, 3.05) is 5.32 Å². The summed E-state index contributed by atoms with van der Waals surface area (Å²) in [6.07, 6.45) is 0.444. The molecule has 0 unspecified atom stereocenters. The number of carbonyl (C=O) groups is 1. The average Bonchev–Trinajstić information content (AvgIpc) is 2.84. The summed E-state index contributed by atoms with van der Waals surface area (Å²) < 4.78 is 1.51. The molecule has 0 fully saturated rings. The molecule has 4 aromatic rings. The minimum Gasteiger partial charge on any atom is -0.332 e. The van der Waals surface area contributed by atoms with Gasteiger partial charge in [0, 0.05) is 11.3 Å². The second-order valence-corrected chi connectivity index (χ2v) is 8.86. The Morgan fingerprint density at radius 3 is 2.24 bits per heavy atom. The van der Waals surface area contributed by atoms with Crippen molar-refractivity contribution in [1.29, 1.82) is 0 Å². The predicted molar refractivity (Wildman–Crippen MR) is 141 cm³/mol. The molecule has 0 bridgehead atoms. The van der Waals surface area contributed by atoms with Gasteiger partial charge in [-0.2, -0.15) is 0 Å². The minimum absolute atomic E-state index is 0.147. The molecule has 4 rings (SSSR count). The topological polar surface area (TPSA) is 76.0 Å².